The normalized spacial score (nSPS) is 24.9. The highest BCUT2D eigenvalue weighted by atomic mass is 35.5. The van der Waals surface area contributed by atoms with E-state index in [0.29, 0.717) is 41.0 Å². The first-order valence-corrected chi connectivity index (χ1v) is 19.1. The zero-order chi connectivity index (χ0) is 36.1. The van der Waals surface area contributed by atoms with Crippen LogP contribution in [0.15, 0.2) is 46.6 Å². The second-order valence-corrected chi connectivity index (χ2v) is 15.9. The summed E-state index contributed by atoms with van der Waals surface area (Å²) in [6, 6.07) is 7.22. The Balaban J connectivity index is 0.861. The Hall–Kier alpha value is -4.02. The van der Waals surface area contributed by atoms with E-state index in [1.807, 2.05) is 18.2 Å². The molecule has 52 heavy (non-hydrogen) atoms. The summed E-state index contributed by atoms with van der Waals surface area (Å²) in [5.41, 5.74) is 15.6. The van der Waals surface area contributed by atoms with E-state index in [0.717, 1.165) is 86.3 Å². The largest absolute Gasteiger partial charge is 0.381 e. The third-order valence-electron chi connectivity index (χ3n) is 11.4. The SMILES string of the molecule is C[C@@H]1OCC2(CCN(c3cnc(Sc4ccnc(N5CCN(Cc6ccc7c(c6)CN(C6CCC(=O)NC6=O)C7=O)CC5)c4Cl)c(N)n3)CC2)[C@@H]1N. The Morgan fingerprint density at radius 2 is 1.85 bits per heavy atom. The number of nitrogen functional groups attached to an aromatic ring is 1. The van der Waals surface area contributed by atoms with Crippen LogP contribution in [0.2, 0.25) is 5.02 Å². The molecule has 14 nitrogen and oxygen atoms in total. The Kier molecular flexibility index (Phi) is 9.49. The van der Waals surface area contributed by atoms with Gasteiger partial charge in [0, 0.05) is 86.9 Å². The van der Waals surface area contributed by atoms with Crippen LogP contribution < -0.4 is 26.6 Å². The molecule has 1 spiro atoms. The maximum atomic E-state index is 13.1. The van der Waals surface area contributed by atoms with Crippen LogP contribution in [0.3, 0.4) is 0 Å². The molecule has 5 N–H and O–H groups in total. The Labute approximate surface area is 311 Å². The van der Waals surface area contributed by atoms with Gasteiger partial charge >= 0.3 is 0 Å². The minimum Gasteiger partial charge on any atom is -0.381 e. The Bertz CT molecular complexity index is 1900. The van der Waals surface area contributed by atoms with Crippen molar-refractivity contribution in [3.05, 3.63) is 58.4 Å². The van der Waals surface area contributed by atoms with Crippen molar-refractivity contribution in [3.63, 3.8) is 0 Å². The number of rotatable bonds is 7. The van der Waals surface area contributed by atoms with Crippen molar-refractivity contribution in [2.75, 3.05) is 61.4 Å². The molecule has 7 heterocycles. The van der Waals surface area contributed by atoms with Gasteiger partial charge in [-0.2, -0.15) is 0 Å². The molecule has 274 valence electrons. The van der Waals surface area contributed by atoms with Gasteiger partial charge in [-0.05, 0) is 49.4 Å². The second-order valence-electron chi connectivity index (χ2n) is 14.5. The Morgan fingerprint density at radius 1 is 1.06 bits per heavy atom. The van der Waals surface area contributed by atoms with Crippen LogP contribution in [-0.2, 0) is 27.4 Å². The number of fused-ring (bicyclic) bond motifs is 1. The standard InChI is InChI=1S/C36H43ClN10O4S/c1-21-30(38)36(20-51-21)7-10-45(11-8-36)27-17-41-34(31(39)42-27)52-26-6-9-40-32(29(26)37)46-14-12-44(13-15-46)18-22-2-3-24-23(16-22)19-47(35(24)50)25-4-5-28(48)43-33(25)49/h2-3,6,9,16-17,21,25,30H,4-5,7-8,10-15,18-20,38H2,1H3,(H2,39,42)(H,43,48,49)/t21-,25?,30+/m0/s1. The zero-order valence-electron chi connectivity index (χ0n) is 29.1. The molecule has 5 aliphatic heterocycles. The summed E-state index contributed by atoms with van der Waals surface area (Å²) in [4.78, 5) is 60.4. The van der Waals surface area contributed by atoms with E-state index < -0.39 is 11.9 Å². The minimum absolute atomic E-state index is 0.0308. The van der Waals surface area contributed by atoms with E-state index in [2.05, 4.69) is 38.0 Å². The van der Waals surface area contributed by atoms with Gasteiger partial charge in [0.2, 0.25) is 11.8 Å². The third kappa shape index (κ3) is 6.57. The molecule has 4 saturated heterocycles. The lowest BCUT2D eigenvalue weighted by Gasteiger charge is -2.41. The number of amides is 3. The van der Waals surface area contributed by atoms with Crippen LogP contribution >= 0.6 is 23.4 Å². The molecule has 0 saturated carbocycles. The summed E-state index contributed by atoms with van der Waals surface area (Å²) in [6.45, 7) is 8.64. The fourth-order valence-electron chi connectivity index (χ4n) is 8.19. The fourth-order valence-corrected chi connectivity index (χ4v) is 9.31. The predicted molar refractivity (Wildman–Crippen MR) is 197 cm³/mol. The molecule has 1 aromatic carbocycles. The molecule has 0 aliphatic carbocycles. The number of benzene rings is 1. The first-order valence-electron chi connectivity index (χ1n) is 17.9. The molecule has 2 aromatic heterocycles. The lowest BCUT2D eigenvalue weighted by molar-refractivity contribution is -0.136. The van der Waals surface area contributed by atoms with Crippen LogP contribution in [0.1, 0.15) is 54.1 Å². The van der Waals surface area contributed by atoms with Crippen LogP contribution in [0.5, 0.6) is 0 Å². The zero-order valence-corrected chi connectivity index (χ0v) is 30.7. The highest BCUT2D eigenvalue weighted by Gasteiger charge is 2.47. The predicted octanol–water partition coefficient (Wildman–Crippen LogP) is 2.67. The smallest absolute Gasteiger partial charge is 0.255 e. The van der Waals surface area contributed by atoms with Gasteiger partial charge in [-0.25, -0.2) is 15.0 Å². The van der Waals surface area contributed by atoms with Crippen LogP contribution in [0.25, 0.3) is 0 Å². The number of carbonyl (C=O) groups excluding carboxylic acids is 3. The topological polar surface area (TPSA) is 176 Å². The fraction of sp³-hybridized carbons (Fsp3) is 0.500. The molecule has 0 bridgehead atoms. The number of halogens is 1. The number of hydrogen-bond acceptors (Lipinski definition) is 13. The summed E-state index contributed by atoms with van der Waals surface area (Å²) < 4.78 is 5.87. The lowest BCUT2D eigenvalue weighted by atomic mass is 9.73. The summed E-state index contributed by atoms with van der Waals surface area (Å²) in [6.07, 6.45) is 6.12. The second kappa shape index (κ2) is 14.1. The highest BCUT2D eigenvalue weighted by molar-refractivity contribution is 7.99. The molecule has 3 atom stereocenters. The van der Waals surface area contributed by atoms with Crippen molar-refractivity contribution in [3.8, 4) is 0 Å². The first-order chi connectivity index (χ1) is 25.1. The van der Waals surface area contributed by atoms with Gasteiger partial charge in [0.05, 0.1) is 23.9 Å². The molecule has 3 amide bonds. The number of aromatic nitrogens is 3. The Morgan fingerprint density at radius 3 is 2.56 bits per heavy atom. The minimum atomic E-state index is -0.618. The van der Waals surface area contributed by atoms with E-state index in [-0.39, 0.29) is 35.8 Å². The summed E-state index contributed by atoms with van der Waals surface area (Å²) >= 11 is 8.35. The van der Waals surface area contributed by atoms with E-state index in [9.17, 15) is 14.4 Å². The molecular formula is C36H43ClN10O4S. The maximum absolute atomic E-state index is 13.1. The molecule has 0 radical (unpaired) electrons. The molecule has 1 unspecified atom stereocenters. The molecule has 3 aromatic rings. The third-order valence-corrected chi connectivity index (χ3v) is 12.9. The quantitative estimate of drug-likeness (QED) is 0.301. The number of hydrogen-bond donors (Lipinski definition) is 3. The van der Waals surface area contributed by atoms with Crippen molar-refractivity contribution in [1.82, 2.24) is 30.1 Å². The highest BCUT2D eigenvalue weighted by Crippen LogP contribution is 2.43. The molecular weight excluding hydrogens is 704 g/mol. The number of anilines is 3. The number of piperidine rings is 2. The van der Waals surface area contributed by atoms with Crippen LogP contribution in [0.4, 0.5) is 17.5 Å². The number of carbonyl (C=O) groups is 3. The molecule has 5 aliphatic rings. The molecule has 8 rings (SSSR count). The van der Waals surface area contributed by atoms with Gasteiger partial charge in [0.25, 0.3) is 5.91 Å². The van der Waals surface area contributed by atoms with Gasteiger partial charge in [-0.15, -0.1) is 0 Å². The van der Waals surface area contributed by atoms with Gasteiger partial charge in [0.1, 0.15) is 22.7 Å². The van der Waals surface area contributed by atoms with Gasteiger partial charge in [-0.3, -0.25) is 24.6 Å². The monoisotopic (exact) mass is 746 g/mol. The van der Waals surface area contributed by atoms with E-state index in [4.69, 9.17) is 37.8 Å². The van der Waals surface area contributed by atoms with Crippen molar-refractivity contribution in [2.24, 2.45) is 11.1 Å². The summed E-state index contributed by atoms with van der Waals surface area (Å²) in [5, 5.41) is 3.51. The number of ether oxygens (including phenoxy) is 1. The summed E-state index contributed by atoms with van der Waals surface area (Å²) in [7, 11) is 0. The van der Waals surface area contributed by atoms with Crippen molar-refractivity contribution in [2.45, 2.75) is 73.8 Å². The van der Waals surface area contributed by atoms with E-state index in [1.165, 1.54) is 11.8 Å². The van der Waals surface area contributed by atoms with Gasteiger partial charge in [0.15, 0.2) is 5.82 Å². The van der Waals surface area contributed by atoms with Crippen molar-refractivity contribution in [1.29, 1.82) is 0 Å². The average molecular weight is 747 g/mol. The van der Waals surface area contributed by atoms with Gasteiger partial charge < -0.3 is 30.9 Å². The maximum Gasteiger partial charge on any atom is 0.255 e. The number of imide groups is 1. The number of piperazine rings is 1. The first kappa shape index (κ1) is 35.0. The van der Waals surface area contributed by atoms with Crippen molar-refractivity contribution >= 4 is 58.5 Å². The van der Waals surface area contributed by atoms with Crippen molar-refractivity contribution < 1.29 is 19.1 Å². The van der Waals surface area contributed by atoms with E-state index >= 15 is 0 Å². The number of pyridine rings is 1. The lowest BCUT2D eigenvalue weighted by Crippen LogP contribution is -2.52. The molecule has 4 fully saturated rings. The van der Waals surface area contributed by atoms with Crippen LogP contribution in [0, 0.1) is 5.41 Å². The number of nitrogens with two attached hydrogens (primary N) is 2. The number of nitrogens with one attached hydrogen (secondary N) is 1. The van der Waals surface area contributed by atoms with Gasteiger partial charge in [-0.1, -0.05) is 35.5 Å². The average Bonchev–Trinajstić information content (AvgIpc) is 3.61. The molecule has 16 heteroatoms. The van der Waals surface area contributed by atoms with Crippen LogP contribution in [-0.4, -0.2) is 107 Å². The number of nitrogens with zero attached hydrogens (tertiary/aromatic N) is 7. The van der Waals surface area contributed by atoms with E-state index in [1.54, 1.807) is 17.3 Å². The summed E-state index contributed by atoms with van der Waals surface area (Å²) in [5.74, 6) is 1.00.